The van der Waals surface area contributed by atoms with Crippen molar-refractivity contribution < 1.29 is 4.39 Å². The maximum Gasteiger partial charge on any atom is 0.129 e. The summed E-state index contributed by atoms with van der Waals surface area (Å²) in [5.41, 5.74) is 0.857. The van der Waals surface area contributed by atoms with Gasteiger partial charge in [0.25, 0.3) is 0 Å². The Balaban J connectivity index is 2.76. The minimum absolute atomic E-state index is 0.0787. The summed E-state index contributed by atoms with van der Waals surface area (Å²) in [6, 6.07) is 8.51. The molecule has 0 saturated carbocycles. The average molecular weight is 231 g/mol. The van der Waals surface area contributed by atoms with Gasteiger partial charge >= 0.3 is 0 Å². The van der Waals surface area contributed by atoms with E-state index in [1.165, 1.54) is 6.07 Å². The van der Waals surface area contributed by atoms with Crippen molar-refractivity contribution >= 4 is 0 Å². The molecule has 0 amide bonds. The van der Waals surface area contributed by atoms with Crippen LogP contribution in [0.1, 0.15) is 24.5 Å². The largest absolute Gasteiger partial charge is 0.298 e. The lowest BCUT2D eigenvalue weighted by Crippen LogP contribution is -2.28. The minimum atomic E-state index is -0.375. The van der Waals surface area contributed by atoms with Crippen LogP contribution in [0.3, 0.4) is 0 Å². The standard InChI is InChI=1S/C13H14FN3/c1-10(5-6-15)17(2)9-12-4-3-11(8-16)7-13(12)14/h3-4,7,10H,5,9H2,1-2H3. The average Bonchev–Trinajstić information content (AvgIpc) is 2.31. The van der Waals surface area contributed by atoms with Gasteiger partial charge in [-0.3, -0.25) is 4.90 Å². The first-order chi connectivity index (χ1) is 8.08. The zero-order valence-corrected chi connectivity index (χ0v) is 9.94. The van der Waals surface area contributed by atoms with E-state index in [0.717, 1.165) is 0 Å². The van der Waals surface area contributed by atoms with Crippen LogP contribution in [0.2, 0.25) is 0 Å². The summed E-state index contributed by atoms with van der Waals surface area (Å²) in [5, 5.41) is 17.2. The monoisotopic (exact) mass is 231 g/mol. The zero-order chi connectivity index (χ0) is 12.8. The molecular weight excluding hydrogens is 217 g/mol. The number of nitriles is 2. The highest BCUT2D eigenvalue weighted by Crippen LogP contribution is 2.13. The molecule has 0 aliphatic carbocycles. The lowest BCUT2D eigenvalue weighted by molar-refractivity contribution is 0.249. The Bertz CT molecular complexity index is 471. The number of hydrogen-bond donors (Lipinski definition) is 0. The molecule has 1 rings (SSSR count). The Morgan fingerprint density at radius 3 is 2.65 bits per heavy atom. The predicted octanol–water partition coefficient (Wildman–Crippen LogP) is 2.43. The van der Waals surface area contributed by atoms with Crippen molar-refractivity contribution in [3.8, 4) is 12.1 Å². The third-order valence-corrected chi connectivity index (χ3v) is 2.74. The summed E-state index contributed by atoms with van der Waals surface area (Å²) in [6.07, 6.45) is 0.411. The molecule has 0 heterocycles. The first kappa shape index (κ1) is 13.2. The van der Waals surface area contributed by atoms with Crippen LogP contribution < -0.4 is 0 Å². The topological polar surface area (TPSA) is 50.8 Å². The van der Waals surface area contributed by atoms with E-state index in [0.29, 0.717) is 24.1 Å². The van der Waals surface area contributed by atoms with E-state index in [9.17, 15) is 4.39 Å². The lowest BCUT2D eigenvalue weighted by atomic mass is 10.1. The highest BCUT2D eigenvalue weighted by Gasteiger charge is 2.11. The Kier molecular flexibility index (Phi) is 4.63. The molecule has 1 unspecified atom stereocenters. The zero-order valence-electron chi connectivity index (χ0n) is 9.94. The molecule has 88 valence electrons. The summed E-state index contributed by atoms with van der Waals surface area (Å²) in [6.45, 7) is 2.35. The highest BCUT2D eigenvalue weighted by atomic mass is 19.1. The molecular formula is C13H14FN3. The minimum Gasteiger partial charge on any atom is -0.298 e. The number of halogens is 1. The summed E-state index contributed by atoms with van der Waals surface area (Å²) < 4.78 is 13.6. The Hall–Kier alpha value is -1.91. The van der Waals surface area contributed by atoms with Crippen LogP contribution >= 0.6 is 0 Å². The van der Waals surface area contributed by atoms with Gasteiger partial charge in [-0.25, -0.2) is 4.39 Å². The number of benzene rings is 1. The molecule has 0 saturated heterocycles. The molecule has 3 nitrogen and oxygen atoms in total. The normalized spacial score (nSPS) is 11.9. The van der Waals surface area contributed by atoms with Crippen molar-refractivity contribution in [2.75, 3.05) is 7.05 Å². The fourth-order valence-corrected chi connectivity index (χ4v) is 1.46. The van der Waals surface area contributed by atoms with Gasteiger partial charge in [0.05, 0.1) is 24.1 Å². The van der Waals surface area contributed by atoms with Crippen LogP contribution in [-0.2, 0) is 6.54 Å². The van der Waals surface area contributed by atoms with Gasteiger partial charge in [0, 0.05) is 18.2 Å². The molecule has 1 aromatic rings. The van der Waals surface area contributed by atoms with Gasteiger partial charge in [0.2, 0.25) is 0 Å². The maximum atomic E-state index is 13.6. The Labute approximate surface area is 101 Å². The molecule has 4 heteroatoms. The second-order valence-corrected chi connectivity index (χ2v) is 4.04. The molecule has 0 aliphatic rings. The summed E-state index contributed by atoms with van der Waals surface area (Å²) in [4.78, 5) is 1.91. The molecule has 0 bridgehead atoms. The van der Waals surface area contributed by atoms with E-state index in [1.54, 1.807) is 12.1 Å². The molecule has 1 aromatic carbocycles. The van der Waals surface area contributed by atoms with Crippen LogP contribution in [0.25, 0.3) is 0 Å². The molecule has 0 aliphatic heterocycles. The highest BCUT2D eigenvalue weighted by molar-refractivity contribution is 5.32. The van der Waals surface area contributed by atoms with E-state index < -0.39 is 0 Å². The Morgan fingerprint density at radius 2 is 2.12 bits per heavy atom. The molecule has 17 heavy (non-hydrogen) atoms. The van der Waals surface area contributed by atoms with Crippen molar-refractivity contribution in [1.82, 2.24) is 4.90 Å². The van der Waals surface area contributed by atoms with Crippen molar-refractivity contribution in [3.05, 3.63) is 35.1 Å². The lowest BCUT2D eigenvalue weighted by Gasteiger charge is -2.22. The van der Waals surface area contributed by atoms with Gasteiger partial charge < -0.3 is 0 Å². The third-order valence-electron chi connectivity index (χ3n) is 2.74. The van der Waals surface area contributed by atoms with Crippen molar-refractivity contribution in [2.24, 2.45) is 0 Å². The number of nitrogens with zero attached hydrogens (tertiary/aromatic N) is 3. The number of rotatable bonds is 4. The fraction of sp³-hybridized carbons (Fsp3) is 0.385. The first-order valence-electron chi connectivity index (χ1n) is 5.34. The SMILES string of the molecule is CC(CC#N)N(C)Cc1ccc(C#N)cc1F. The Morgan fingerprint density at radius 1 is 1.41 bits per heavy atom. The summed E-state index contributed by atoms with van der Waals surface area (Å²) >= 11 is 0. The van der Waals surface area contributed by atoms with E-state index in [2.05, 4.69) is 6.07 Å². The van der Waals surface area contributed by atoms with Gasteiger partial charge in [0.15, 0.2) is 0 Å². The molecule has 0 fully saturated rings. The fourth-order valence-electron chi connectivity index (χ4n) is 1.46. The van der Waals surface area contributed by atoms with Gasteiger partial charge in [-0.2, -0.15) is 10.5 Å². The molecule has 1 atom stereocenters. The van der Waals surface area contributed by atoms with Crippen molar-refractivity contribution in [1.29, 1.82) is 10.5 Å². The van der Waals surface area contributed by atoms with Gasteiger partial charge in [-0.05, 0) is 26.1 Å². The summed E-state index contributed by atoms with van der Waals surface area (Å²) in [7, 11) is 1.85. The van der Waals surface area contributed by atoms with E-state index in [-0.39, 0.29) is 11.9 Å². The summed E-state index contributed by atoms with van der Waals surface area (Å²) in [5.74, 6) is -0.375. The van der Waals surface area contributed by atoms with Crippen LogP contribution in [0.5, 0.6) is 0 Å². The molecule has 0 N–H and O–H groups in total. The smallest absolute Gasteiger partial charge is 0.129 e. The van der Waals surface area contributed by atoms with Crippen LogP contribution in [0.4, 0.5) is 4.39 Å². The second-order valence-electron chi connectivity index (χ2n) is 4.04. The van der Waals surface area contributed by atoms with E-state index >= 15 is 0 Å². The van der Waals surface area contributed by atoms with E-state index in [4.69, 9.17) is 10.5 Å². The van der Waals surface area contributed by atoms with Gasteiger partial charge in [-0.15, -0.1) is 0 Å². The van der Waals surface area contributed by atoms with Crippen LogP contribution in [0.15, 0.2) is 18.2 Å². The van der Waals surface area contributed by atoms with Crippen LogP contribution in [0, 0.1) is 28.5 Å². The first-order valence-corrected chi connectivity index (χ1v) is 5.34. The van der Waals surface area contributed by atoms with Gasteiger partial charge in [-0.1, -0.05) is 6.07 Å². The van der Waals surface area contributed by atoms with Gasteiger partial charge in [0.1, 0.15) is 5.82 Å². The molecule has 0 aromatic heterocycles. The number of hydrogen-bond acceptors (Lipinski definition) is 3. The van der Waals surface area contributed by atoms with Crippen molar-refractivity contribution in [2.45, 2.75) is 25.9 Å². The van der Waals surface area contributed by atoms with E-state index in [1.807, 2.05) is 24.9 Å². The third kappa shape index (κ3) is 3.55. The maximum absolute atomic E-state index is 13.6. The predicted molar refractivity (Wildman–Crippen MR) is 62.3 cm³/mol. The second kappa shape index (κ2) is 5.98. The molecule has 0 radical (unpaired) electrons. The van der Waals surface area contributed by atoms with Crippen LogP contribution in [-0.4, -0.2) is 18.0 Å². The van der Waals surface area contributed by atoms with Crippen molar-refractivity contribution in [3.63, 3.8) is 0 Å². The molecule has 0 spiro atoms. The quantitative estimate of drug-likeness (QED) is 0.799.